The number of carbonyl (C=O) groups excluding carboxylic acids is 1. The van der Waals surface area contributed by atoms with Gasteiger partial charge in [0.15, 0.2) is 6.10 Å². The van der Waals surface area contributed by atoms with Gasteiger partial charge in [0.25, 0.3) is 0 Å². The van der Waals surface area contributed by atoms with Crippen LogP contribution in [0.4, 0.5) is 0 Å². The molecule has 0 spiro atoms. The van der Waals surface area contributed by atoms with Crippen molar-refractivity contribution >= 4 is 5.97 Å². The highest BCUT2D eigenvalue weighted by Gasteiger charge is 2.20. The summed E-state index contributed by atoms with van der Waals surface area (Å²) in [4.78, 5) is 11.1. The van der Waals surface area contributed by atoms with Gasteiger partial charge in [-0.2, -0.15) is 5.10 Å². The molecule has 0 amide bonds. The highest BCUT2D eigenvalue weighted by Crippen LogP contribution is 2.20. The van der Waals surface area contributed by atoms with Crippen LogP contribution in [0.3, 0.4) is 0 Å². The van der Waals surface area contributed by atoms with Crippen molar-refractivity contribution in [1.29, 1.82) is 0 Å². The molecule has 1 unspecified atom stereocenters. The quantitative estimate of drug-likeness (QED) is 0.782. The second kappa shape index (κ2) is 4.80. The number of aromatic nitrogens is 2. The molecule has 17 heavy (non-hydrogen) atoms. The van der Waals surface area contributed by atoms with Crippen molar-refractivity contribution in [3.05, 3.63) is 42.1 Å². The molecule has 2 N–H and O–H groups in total. The van der Waals surface area contributed by atoms with Crippen molar-refractivity contribution in [2.24, 2.45) is 0 Å². The van der Waals surface area contributed by atoms with E-state index in [0.717, 1.165) is 5.56 Å². The highest BCUT2D eigenvalue weighted by molar-refractivity contribution is 5.76. The summed E-state index contributed by atoms with van der Waals surface area (Å²) in [5.41, 5.74) is 1.89. The zero-order chi connectivity index (χ0) is 12.3. The van der Waals surface area contributed by atoms with Crippen LogP contribution in [-0.4, -0.2) is 28.4 Å². The van der Waals surface area contributed by atoms with E-state index in [2.05, 4.69) is 14.9 Å². The highest BCUT2D eigenvalue weighted by atomic mass is 16.5. The van der Waals surface area contributed by atoms with Crippen LogP contribution in [0.5, 0.6) is 0 Å². The summed E-state index contributed by atoms with van der Waals surface area (Å²) in [5, 5.41) is 16.3. The molecule has 2 aromatic rings. The zero-order valence-corrected chi connectivity index (χ0v) is 9.25. The monoisotopic (exact) mass is 232 g/mol. The van der Waals surface area contributed by atoms with Gasteiger partial charge in [0.05, 0.1) is 18.5 Å². The molecule has 0 radical (unpaired) electrons. The fourth-order valence-corrected chi connectivity index (χ4v) is 1.47. The first-order chi connectivity index (χ1) is 8.22. The minimum absolute atomic E-state index is 0.315. The Morgan fingerprint density at radius 2 is 2.12 bits per heavy atom. The summed E-state index contributed by atoms with van der Waals surface area (Å²) in [6, 6.07) is 11.1. The first kappa shape index (κ1) is 11.3. The third-order valence-corrected chi connectivity index (χ3v) is 2.39. The number of aliphatic hydroxyl groups excluding tert-OH is 1. The van der Waals surface area contributed by atoms with Crippen molar-refractivity contribution in [1.82, 2.24) is 10.2 Å². The van der Waals surface area contributed by atoms with Crippen LogP contribution in [0, 0.1) is 0 Å². The molecule has 0 aliphatic rings. The van der Waals surface area contributed by atoms with Crippen molar-refractivity contribution in [2.45, 2.75) is 6.10 Å². The van der Waals surface area contributed by atoms with Crippen molar-refractivity contribution in [3.63, 3.8) is 0 Å². The number of aliphatic hydroxyl groups is 1. The largest absolute Gasteiger partial charge is 0.467 e. The Bertz CT molecular complexity index is 507. The van der Waals surface area contributed by atoms with Gasteiger partial charge >= 0.3 is 5.97 Å². The van der Waals surface area contributed by atoms with Gasteiger partial charge in [-0.05, 0) is 6.07 Å². The first-order valence-corrected chi connectivity index (χ1v) is 5.09. The van der Waals surface area contributed by atoms with Crippen LogP contribution < -0.4 is 0 Å². The molecule has 0 fully saturated rings. The van der Waals surface area contributed by atoms with Gasteiger partial charge < -0.3 is 9.84 Å². The van der Waals surface area contributed by atoms with E-state index >= 15 is 0 Å². The SMILES string of the molecule is COC(=O)C(O)c1cc(-c2ccccc2)n[nH]1. The topological polar surface area (TPSA) is 75.2 Å². The number of esters is 1. The van der Waals surface area contributed by atoms with Crippen LogP contribution in [0.25, 0.3) is 11.3 Å². The molecule has 1 heterocycles. The average molecular weight is 232 g/mol. The third kappa shape index (κ3) is 2.34. The summed E-state index contributed by atoms with van der Waals surface area (Å²) >= 11 is 0. The Morgan fingerprint density at radius 3 is 2.76 bits per heavy atom. The minimum atomic E-state index is -1.33. The maximum Gasteiger partial charge on any atom is 0.340 e. The fourth-order valence-electron chi connectivity index (χ4n) is 1.47. The summed E-state index contributed by atoms with van der Waals surface area (Å²) in [7, 11) is 1.22. The van der Waals surface area contributed by atoms with Gasteiger partial charge in [0.2, 0.25) is 0 Å². The lowest BCUT2D eigenvalue weighted by Crippen LogP contribution is -2.13. The summed E-state index contributed by atoms with van der Waals surface area (Å²) in [5.74, 6) is -0.715. The maximum absolute atomic E-state index is 11.1. The van der Waals surface area contributed by atoms with E-state index in [1.807, 2.05) is 30.3 Å². The van der Waals surface area contributed by atoms with Crippen LogP contribution in [-0.2, 0) is 9.53 Å². The molecule has 5 heteroatoms. The number of methoxy groups -OCH3 is 1. The summed E-state index contributed by atoms with van der Waals surface area (Å²) in [6.45, 7) is 0. The number of H-pyrrole nitrogens is 1. The number of hydrogen-bond acceptors (Lipinski definition) is 4. The Hall–Kier alpha value is -2.14. The Balaban J connectivity index is 2.25. The maximum atomic E-state index is 11.1. The van der Waals surface area contributed by atoms with E-state index < -0.39 is 12.1 Å². The number of nitrogens with one attached hydrogen (secondary N) is 1. The molecule has 0 aliphatic heterocycles. The predicted molar refractivity (Wildman–Crippen MR) is 61.0 cm³/mol. The first-order valence-electron chi connectivity index (χ1n) is 5.09. The Kier molecular flexibility index (Phi) is 3.20. The molecule has 2 rings (SSSR count). The second-order valence-electron chi connectivity index (χ2n) is 3.50. The van der Waals surface area contributed by atoms with Gasteiger partial charge in [-0.15, -0.1) is 0 Å². The number of benzene rings is 1. The molecule has 5 nitrogen and oxygen atoms in total. The number of nitrogens with zero attached hydrogens (tertiary/aromatic N) is 1. The van der Waals surface area contributed by atoms with E-state index in [0.29, 0.717) is 11.4 Å². The zero-order valence-electron chi connectivity index (χ0n) is 9.25. The number of hydrogen-bond donors (Lipinski definition) is 2. The lowest BCUT2D eigenvalue weighted by atomic mass is 10.1. The molecular formula is C12H12N2O3. The van der Waals surface area contributed by atoms with Crippen molar-refractivity contribution in [2.75, 3.05) is 7.11 Å². The van der Waals surface area contributed by atoms with Crippen LogP contribution >= 0.6 is 0 Å². The van der Waals surface area contributed by atoms with E-state index in [4.69, 9.17) is 0 Å². The lowest BCUT2D eigenvalue weighted by molar-refractivity contribution is -0.150. The smallest absolute Gasteiger partial charge is 0.340 e. The second-order valence-corrected chi connectivity index (χ2v) is 3.50. The number of aromatic amines is 1. The van der Waals surface area contributed by atoms with Gasteiger partial charge in [-0.25, -0.2) is 4.79 Å². The van der Waals surface area contributed by atoms with Gasteiger partial charge in [0.1, 0.15) is 0 Å². The molecule has 0 saturated carbocycles. The van der Waals surface area contributed by atoms with Gasteiger partial charge in [-0.1, -0.05) is 30.3 Å². The minimum Gasteiger partial charge on any atom is -0.467 e. The van der Waals surface area contributed by atoms with Crippen LogP contribution in [0.2, 0.25) is 0 Å². The third-order valence-electron chi connectivity index (χ3n) is 2.39. The number of rotatable bonds is 3. The molecule has 0 saturated heterocycles. The molecule has 1 aromatic heterocycles. The fraction of sp³-hybridized carbons (Fsp3) is 0.167. The Morgan fingerprint density at radius 1 is 1.41 bits per heavy atom. The standard InChI is InChI=1S/C12H12N2O3/c1-17-12(16)11(15)10-7-9(13-14-10)8-5-3-2-4-6-8/h2-7,11,15H,1H3,(H,13,14). The number of ether oxygens (including phenoxy) is 1. The molecule has 0 bridgehead atoms. The van der Waals surface area contributed by atoms with Crippen molar-refractivity contribution < 1.29 is 14.6 Å². The normalized spacial score (nSPS) is 12.1. The predicted octanol–water partition coefficient (Wildman–Crippen LogP) is 1.28. The van der Waals surface area contributed by atoms with E-state index in [-0.39, 0.29) is 0 Å². The van der Waals surface area contributed by atoms with Crippen molar-refractivity contribution in [3.8, 4) is 11.3 Å². The molecule has 1 aromatic carbocycles. The van der Waals surface area contributed by atoms with E-state index in [1.165, 1.54) is 7.11 Å². The van der Waals surface area contributed by atoms with Crippen LogP contribution in [0.15, 0.2) is 36.4 Å². The lowest BCUT2D eigenvalue weighted by Gasteiger charge is -2.04. The Labute approximate surface area is 98.0 Å². The summed E-state index contributed by atoms with van der Waals surface area (Å²) in [6.07, 6.45) is -1.33. The number of carbonyl (C=O) groups is 1. The van der Waals surface area contributed by atoms with Gasteiger partial charge in [-0.3, -0.25) is 5.10 Å². The van der Waals surface area contributed by atoms with E-state index in [1.54, 1.807) is 6.07 Å². The van der Waals surface area contributed by atoms with E-state index in [9.17, 15) is 9.90 Å². The summed E-state index contributed by atoms with van der Waals surface area (Å²) < 4.78 is 4.44. The molecular weight excluding hydrogens is 220 g/mol. The van der Waals surface area contributed by atoms with Gasteiger partial charge in [0, 0.05) is 5.56 Å². The van der Waals surface area contributed by atoms with Crippen LogP contribution in [0.1, 0.15) is 11.8 Å². The molecule has 0 aliphatic carbocycles. The molecule has 88 valence electrons. The molecule has 1 atom stereocenters. The average Bonchev–Trinajstić information content (AvgIpc) is 2.87.